The molecule has 2 aliphatic heterocycles. The molecular weight excluding hydrogens is 608 g/mol. The van der Waals surface area contributed by atoms with Crippen LogP contribution in [0.1, 0.15) is 71.4 Å². The van der Waals surface area contributed by atoms with Crippen LogP contribution >= 0.6 is 11.6 Å². The molecular formula is C44H48ClN2O+. The number of halogens is 1. The van der Waals surface area contributed by atoms with E-state index in [9.17, 15) is 0 Å². The number of ether oxygens (including phenoxy) is 1. The fourth-order valence-corrected chi connectivity index (χ4v) is 8.84. The van der Waals surface area contributed by atoms with Crippen molar-refractivity contribution in [2.24, 2.45) is 0 Å². The fourth-order valence-electron chi connectivity index (χ4n) is 8.53. The fraction of sp³-hybridized carbons (Fsp3) is 0.341. The normalized spacial score (nSPS) is 20.3. The molecule has 0 saturated carbocycles. The molecule has 1 aliphatic carbocycles. The largest absolute Gasteiger partial charge is 0.383 e. The van der Waals surface area contributed by atoms with E-state index >= 15 is 0 Å². The molecule has 4 heteroatoms. The third-order valence-corrected chi connectivity index (χ3v) is 11.3. The molecule has 4 aromatic rings. The molecule has 0 saturated heterocycles. The highest BCUT2D eigenvalue weighted by Crippen LogP contribution is 2.51. The van der Waals surface area contributed by atoms with Crippen LogP contribution in [0.25, 0.3) is 21.5 Å². The molecule has 7 rings (SSSR count). The third-order valence-electron chi connectivity index (χ3n) is 10.8. The van der Waals surface area contributed by atoms with Crippen LogP contribution in [0.3, 0.4) is 0 Å². The van der Waals surface area contributed by atoms with E-state index in [2.05, 4.69) is 141 Å². The van der Waals surface area contributed by atoms with Crippen molar-refractivity contribution in [1.29, 1.82) is 0 Å². The van der Waals surface area contributed by atoms with Crippen LogP contribution in [0.2, 0.25) is 0 Å². The minimum atomic E-state index is -0.165. The number of allylic oxidation sites excluding steroid dienone is 8. The van der Waals surface area contributed by atoms with Gasteiger partial charge in [-0.3, -0.25) is 0 Å². The molecule has 246 valence electrons. The molecule has 3 aliphatic rings. The van der Waals surface area contributed by atoms with Gasteiger partial charge in [0.15, 0.2) is 5.71 Å². The monoisotopic (exact) mass is 655 g/mol. The molecule has 0 aromatic heterocycles. The zero-order valence-corrected chi connectivity index (χ0v) is 30.1. The minimum absolute atomic E-state index is 0.119. The van der Waals surface area contributed by atoms with Gasteiger partial charge in [0, 0.05) is 59.6 Å². The molecule has 3 nitrogen and oxygen atoms in total. The number of hydrogen-bond donors (Lipinski definition) is 0. The van der Waals surface area contributed by atoms with E-state index in [0.29, 0.717) is 6.61 Å². The van der Waals surface area contributed by atoms with Gasteiger partial charge in [-0.1, -0.05) is 99.1 Å². The Labute approximate surface area is 291 Å². The number of nitrogens with zero attached hydrogens (tertiary/aromatic N) is 2. The summed E-state index contributed by atoms with van der Waals surface area (Å²) in [4.78, 5) is 2.45. The van der Waals surface area contributed by atoms with Crippen LogP contribution in [-0.2, 0) is 15.6 Å². The maximum atomic E-state index is 7.29. The molecule has 0 bridgehead atoms. The predicted molar refractivity (Wildman–Crippen MR) is 205 cm³/mol. The van der Waals surface area contributed by atoms with Gasteiger partial charge in [-0.2, -0.15) is 4.58 Å². The second kappa shape index (κ2) is 12.8. The number of benzene rings is 4. The first-order chi connectivity index (χ1) is 23.2. The second-order valence-electron chi connectivity index (χ2n) is 14.6. The summed E-state index contributed by atoms with van der Waals surface area (Å²) in [6, 6.07) is 26.7. The van der Waals surface area contributed by atoms with Crippen LogP contribution in [0.5, 0.6) is 0 Å². The van der Waals surface area contributed by atoms with Crippen LogP contribution in [-0.4, -0.2) is 37.1 Å². The summed E-state index contributed by atoms with van der Waals surface area (Å²) in [7, 11) is 1.78. The van der Waals surface area contributed by atoms with E-state index in [1.807, 2.05) is 0 Å². The quantitative estimate of drug-likeness (QED) is 0.176. The average molecular weight is 656 g/mol. The van der Waals surface area contributed by atoms with Crippen LogP contribution in [0.4, 0.5) is 11.4 Å². The Morgan fingerprint density at radius 1 is 0.812 bits per heavy atom. The van der Waals surface area contributed by atoms with Gasteiger partial charge in [-0.25, -0.2) is 0 Å². The Morgan fingerprint density at radius 2 is 1.50 bits per heavy atom. The maximum absolute atomic E-state index is 7.29. The van der Waals surface area contributed by atoms with Gasteiger partial charge < -0.3 is 9.64 Å². The van der Waals surface area contributed by atoms with Crippen molar-refractivity contribution in [2.45, 2.75) is 71.1 Å². The summed E-state index contributed by atoms with van der Waals surface area (Å²) in [5, 5.41) is 6.15. The average Bonchev–Trinajstić information content (AvgIpc) is 3.44. The minimum Gasteiger partial charge on any atom is -0.383 e. The first kappa shape index (κ1) is 32.6. The van der Waals surface area contributed by atoms with Crippen molar-refractivity contribution < 1.29 is 9.31 Å². The van der Waals surface area contributed by atoms with E-state index in [1.165, 1.54) is 66.6 Å². The van der Waals surface area contributed by atoms with E-state index < -0.39 is 0 Å². The lowest BCUT2D eigenvalue weighted by molar-refractivity contribution is -0.437. The molecule has 0 fully saturated rings. The number of hydrogen-bond acceptors (Lipinski definition) is 2. The van der Waals surface area contributed by atoms with Crippen LogP contribution in [0.15, 0.2) is 119 Å². The Kier molecular flexibility index (Phi) is 8.73. The Hall–Kier alpha value is -3.92. The first-order valence-electron chi connectivity index (χ1n) is 17.6. The third kappa shape index (κ3) is 5.36. The lowest BCUT2D eigenvalue weighted by Gasteiger charge is -2.27. The second-order valence-corrected chi connectivity index (χ2v) is 14.9. The smallest absolute Gasteiger partial charge is 0.210 e. The van der Waals surface area contributed by atoms with Crippen LogP contribution in [0, 0.1) is 0 Å². The maximum Gasteiger partial charge on any atom is 0.210 e. The summed E-state index contributed by atoms with van der Waals surface area (Å²) in [5.74, 6) is 0. The zero-order chi connectivity index (χ0) is 33.6. The molecule has 0 spiro atoms. The lowest BCUT2D eigenvalue weighted by Crippen LogP contribution is -2.29. The Balaban J connectivity index is 1.26. The van der Waals surface area contributed by atoms with Gasteiger partial charge in [0.05, 0.1) is 12.0 Å². The van der Waals surface area contributed by atoms with Crippen LogP contribution < -0.4 is 4.90 Å². The van der Waals surface area contributed by atoms with E-state index in [4.69, 9.17) is 16.3 Å². The van der Waals surface area contributed by atoms with E-state index in [1.54, 1.807) is 7.11 Å². The highest BCUT2D eigenvalue weighted by atomic mass is 35.5. The van der Waals surface area contributed by atoms with Gasteiger partial charge in [-0.05, 0) is 89.6 Å². The molecule has 48 heavy (non-hydrogen) atoms. The summed E-state index contributed by atoms with van der Waals surface area (Å²) in [5.41, 5.74) is 10.2. The summed E-state index contributed by atoms with van der Waals surface area (Å²) < 4.78 is 8.11. The Bertz CT molecular complexity index is 2070. The predicted octanol–water partition coefficient (Wildman–Crippen LogP) is 11.3. The number of anilines is 1. The van der Waals surface area contributed by atoms with Crippen molar-refractivity contribution in [1.82, 2.24) is 0 Å². The van der Waals surface area contributed by atoms with Gasteiger partial charge in [0.2, 0.25) is 5.69 Å². The zero-order valence-electron chi connectivity index (χ0n) is 29.4. The SMILES string of the molecule is CCC[N+]1=C(C=CC2=C(Cl)C(=CC=C3N(CCOC)c4ccc5ccccc5c4C3(C)C)CCC2)C(C)(C)c2c1ccc1ccccc21. The van der Waals surface area contributed by atoms with E-state index in [0.717, 1.165) is 43.8 Å². The van der Waals surface area contributed by atoms with Gasteiger partial charge in [0.1, 0.15) is 6.54 Å². The summed E-state index contributed by atoms with van der Waals surface area (Å²) >= 11 is 7.29. The number of fused-ring (bicyclic) bond motifs is 6. The first-order valence-corrected chi connectivity index (χ1v) is 18.0. The van der Waals surface area contributed by atoms with Gasteiger partial charge >= 0.3 is 0 Å². The highest BCUT2D eigenvalue weighted by molar-refractivity contribution is 6.32. The number of rotatable bonds is 8. The Morgan fingerprint density at radius 3 is 2.21 bits per heavy atom. The summed E-state index contributed by atoms with van der Waals surface area (Å²) in [6.45, 7) is 14.2. The molecule has 0 N–H and O–H groups in total. The van der Waals surface area contributed by atoms with Crippen molar-refractivity contribution in [3.63, 3.8) is 0 Å². The topological polar surface area (TPSA) is 15.5 Å². The standard InChI is InChI=1S/C44H48ClN2O/c1-7-27-46-36-23-19-30-13-8-10-17-34(30)40(36)43(2,3)38(46)25-21-32-15-12-16-33(42(32)45)22-26-39-44(4,5)41-35-18-11-9-14-31(35)20-24-37(41)47(39)28-29-48-6/h8-11,13-14,17-26H,7,12,15-16,27-29H2,1-6H3/q+1. The van der Waals surface area contributed by atoms with Crippen molar-refractivity contribution in [3.8, 4) is 0 Å². The highest BCUT2D eigenvalue weighted by Gasteiger charge is 2.45. The van der Waals surface area contributed by atoms with Crippen molar-refractivity contribution in [3.05, 3.63) is 130 Å². The van der Waals surface area contributed by atoms with Gasteiger partial charge in [0.25, 0.3) is 0 Å². The van der Waals surface area contributed by atoms with Crippen molar-refractivity contribution in [2.75, 3.05) is 31.7 Å². The molecule has 0 amide bonds. The van der Waals surface area contributed by atoms with E-state index in [-0.39, 0.29) is 10.8 Å². The molecule has 4 aromatic carbocycles. The lowest BCUT2D eigenvalue weighted by atomic mass is 9.78. The summed E-state index contributed by atoms with van der Waals surface area (Å²) in [6.07, 6.45) is 13.4. The molecule has 0 radical (unpaired) electrons. The molecule has 2 heterocycles. The molecule has 0 atom stereocenters. The van der Waals surface area contributed by atoms with Gasteiger partial charge in [-0.15, -0.1) is 0 Å². The molecule has 0 unspecified atom stereocenters. The van der Waals surface area contributed by atoms with Crippen molar-refractivity contribution >= 4 is 50.2 Å². The number of methoxy groups -OCH3 is 1.